The molecule has 1 aliphatic heterocycles. The minimum absolute atomic E-state index is 0.0589. The number of nitro groups is 1. The summed E-state index contributed by atoms with van der Waals surface area (Å²) in [4.78, 5) is 40.8. The fraction of sp³-hybridized carbons (Fsp3) is 0.316. The minimum atomic E-state index is -0.597. The number of fused-ring (bicyclic) bond motifs is 1. The zero-order valence-electron chi connectivity index (χ0n) is 15.0. The van der Waals surface area contributed by atoms with E-state index < -0.39 is 10.8 Å². The molecule has 140 valence electrons. The van der Waals surface area contributed by atoms with E-state index in [1.807, 2.05) is 24.3 Å². The lowest BCUT2D eigenvalue weighted by Crippen LogP contribution is -2.37. The highest BCUT2D eigenvalue weighted by Crippen LogP contribution is 2.27. The maximum atomic E-state index is 12.6. The highest BCUT2D eigenvalue weighted by atomic mass is 16.6. The molecule has 0 saturated carbocycles. The van der Waals surface area contributed by atoms with Crippen LogP contribution in [0, 0.1) is 17.0 Å². The van der Waals surface area contributed by atoms with Crippen LogP contribution in [0.5, 0.6) is 0 Å². The van der Waals surface area contributed by atoms with Crippen molar-refractivity contribution in [2.24, 2.45) is 0 Å². The number of nitrogens with one attached hydrogen (secondary N) is 1. The van der Waals surface area contributed by atoms with E-state index in [2.05, 4.69) is 10.3 Å². The summed E-state index contributed by atoms with van der Waals surface area (Å²) in [6.07, 6.45) is 3.13. The molecule has 0 unspecified atom stereocenters. The van der Waals surface area contributed by atoms with Gasteiger partial charge in [-0.05, 0) is 31.4 Å². The van der Waals surface area contributed by atoms with Gasteiger partial charge in [0, 0.05) is 31.3 Å². The normalized spacial score (nSPS) is 13.0. The van der Waals surface area contributed by atoms with Crippen LogP contribution in [0.1, 0.15) is 34.5 Å². The summed E-state index contributed by atoms with van der Waals surface area (Å²) >= 11 is 0. The summed E-state index contributed by atoms with van der Waals surface area (Å²) in [6, 6.07) is 9.02. The first-order valence-corrected chi connectivity index (χ1v) is 8.75. The Bertz CT molecular complexity index is 897. The molecular weight excluding hydrogens is 348 g/mol. The second-order valence-electron chi connectivity index (χ2n) is 6.37. The third-order valence-corrected chi connectivity index (χ3v) is 4.56. The Balaban J connectivity index is 1.60. The molecule has 0 radical (unpaired) electrons. The van der Waals surface area contributed by atoms with E-state index >= 15 is 0 Å². The molecule has 1 aromatic heterocycles. The van der Waals surface area contributed by atoms with Gasteiger partial charge in [0.1, 0.15) is 6.20 Å². The molecular formula is C19H20N4O4. The Kier molecular flexibility index (Phi) is 5.44. The summed E-state index contributed by atoms with van der Waals surface area (Å²) in [6.45, 7) is 2.42. The number of amides is 2. The van der Waals surface area contributed by atoms with Gasteiger partial charge in [-0.2, -0.15) is 0 Å². The van der Waals surface area contributed by atoms with Crippen molar-refractivity contribution in [3.05, 3.63) is 63.5 Å². The van der Waals surface area contributed by atoms with Gasteiger partial charge in [0.05, 0.1) is 16.2 Å². The maximum absolute atomic E-state index is 12.6. The van der Waals surface area contributed by atoms with Crippen molar-refractivity contribution in [2.75, 3.05) is 18.0 Å². The van der Waals surface area contributed by atoms with E-state index in [1.165, 1.54) is 6.07 Å². The predicted octanol–water partition coefficient (Wildman–Crippen LogP) is 2.40. The van der Waals surface area contributed by atoms with E-state index in [1.54, 1.807) is 11.8 Å². The highest BCUT2D eigenvalue weighted by molar-refractivity contribution is 5.97. The lowest BCUT2D eigenvalue weighted by atomic mass is 10.0. The molecule has 0 aliphatic carbocycles. The van der Waals surface area contributed by atoms with Crippen molar-refractivity contribution in [2.45, 2.75) is 26.2 Å². The monoisotopic (exact) mass is 368 g/mol. The number of carbonyl (C=O) groups is 2. The van der Waals surface area contributed by atoms with Crippen molar-refractivity contribution in [1.82, 2.24) is 10.3 Å². The second kappa shape index (κ2) is 7.94. The van der Waals surface area contributed by atoms with E-state index in [-0.39, 0.29) is 30.1 Å². The van der Waals surface area contributed by atoms with Crippen LogP contribution in [0.2, 0.25) is 0 Å². The van der Waals surface area contributed by atoms with E-state index in [0.717, 1.165) is 30.3 Å². The van der Waals surface area contributed by atoms with Gasteiger partial charge in [0.2, 0.25) is 5.91 Å². The molecule has 8 nitrogen and oxygen atoms in total. The predicted molar refractivity (Wildman–Crippen MR) is 99.7 cm³/mol. The van der Waals surface area contributed by atoms with Gasteiger partial charge in [0.15, 0.2) is 0 Å². The third kappa shape index (κ3) is 4.11. The van der Waals surface area contributed by atoms with Crippen LogP contribution in [0.4, 0.5) is 11.4 Å². The Labute approximate surface area is 156 Å². The molecule has 27 heavy (non-hydrogen) atoms. The first-order valence-electron chi connectivity index (χ1n) is 8.75. The average Bonchev–Trinajstić information content (AvgIpc) is 2.67. The molecule has 1 aliphatic rings. The summed E-state index contributed by atoms with van der Waals surface area (Å²) in [5, 5.41) is 13.5. The molecule has 0 bridgehead atoms. The largest absolute Gasteiger partial charge is 0.351 e. The van der Waals surface area contributed by atoms with Crippen LogP contribution in [0.25, 0.3) is 0 Å². The number of benzene rings is 1. The van der Waals surface area contributed by atoms with E-state index in [9.17, 15) is 19.7 Å². The van der Waals surface area contributed by atoms with E-state index in [0.29, 0.717) is 12.2 Å². The van der Waals surface area contributed by atoms with Crippen LogP contribution in [0.3, 0.4) is 0 Å². The Morgan fingerprint density at radius 1 is 1.33 bits per heavy atom. The van der Waals surface area contributed by atoms with Crippen LogP contribution in [-0.2, 0) is 11.2 Å². The van der Waals surface area contributed by atoms with Crippen molar-refractivity contribution in [1.29, 1.82) is 0 Å². The Hall–Kier alpha value is -3.29. The zero-order valence-corrected chi connectivity index (χ0v) is 15.0. The molecule has 1 aromatic carbocycles. The molecule has 0 atom stereocenters. The maximum Gasteiger partial charge on any atom is 0.288 e. The molecule has 0 saturated heterocycles. The Morgan fingerprint density at radius 2 is 2.11 bits per heavy atom. The summed E-state index contributed by atoms with van der Waals surface area (Å²) in [7, 11) is 0. The first-order chi connectivity index (χ1) is 13.0. The number of rotatable bonds is 5. The molecule has 0 fully saturated rings. The SMILES string of the molecule is Cc1ncc([N+](=O)[O-])cc1C(=O)NCCC(=O)N1CCCc2ccccc21. The zero-order chi connectivity index (χ0) is 19.4. The van der Waals surface area contributed by atoms with Crippen molar-refractivity contribution in [3.63, 3.8) is 0 Å². The number of carbonyl (C=O) groups excluding carboxylic acids is 2. The highest BCUT2D eigenvalue weighted by Gasteiger charge is 2.22. The topological polar surface area (TPSA) is 105 Å². The van der Waals surface area contributed by atoms with Crippen molar-refractivity contribution in [3.8, 4) is 0 Å². The standard InChI is InChI=1S/C19H20N4O4/c1-13-16(11-15(12-21-13)23(26)27)19(25)20-9-8-18(24)22-10-4-6-14-5-2-3-7-17(14)22/h2-3,5,7,11-12H,4,6,8-10H2,1H3,(H,20,25). The van der Waals surface area contributed by atoms with Crippen LogP contribution >= 0.6 is 0 Å². The number of hydrogen-bond donors (Lipinski definition) is 1. The fourth-order valence-corrected chi connectivity index (χ4v) is 3.16. The van der Waals surface area contributed by atoms with Gasteiger partial charge >= 0.3 is 0 Å². The number of aromatic nitrogens is 1. The van der Waals surface area contributed by atoms with Gasteiger partial charge in [-0.3, -0.25) is 24.7 Å². The van der Waals surface area contributed by atoms with Gasteiger partial charge in [-0.15, -0.1) is 0 Å². The smallest absolute Gasteiger partial charge is 0.288 e. The lowest BCUT2D eigenvalue weighted by Gasteiger charge is -2.29. The molecule has 8 heteroatoms. The van der Waals surface area contributed by atoms with Crippen LogP contribution < -0.4 is 10.2 Å². The third-order valence-electron chi connectivity index (χ3n) is 4.56. The van der Waals surface area contributed by atoms with Gasteiger partial charge < -0.3 is 10.2 Å². The van der Waals surface area contributed by atoms with Crippen molar-refractivity contribution < 1.29 is 14.5 Å². The fourth-order valence-electron chi connectivity index (χ4n) is 3.16. The summed E-state index contributed by atoms with van der Waals surface area (Å²) in [5.41, 5.74) is 2.37. The number of hydrogen-bond acceptors (Lipinski definition) is 5. The number of pyridine rings is 1. The lowest BCUT2D eigenvalue weighted by molar-refractivity contribution is -0.385. The summed E-state index contributed by atoms with van der Waals surface area (Å²) < 4.78 is 0. The molecule has 2 aromatic rings. The minimum Gasteiger partial charge on any atom is -0.351 e. The molecule has 2 amide bonds. The summed E-state index contributed by atoms with van der Waals surface area (Å²) in [5.74, 6) is -0.535. The molecule has 2 heterocycles. The van der Waals surface area contributed by atoms with Crippen LogP contribution in [-0.4, -0.2) is 34.8 Å². The number of aryl methyl sites for hydroxylation is 2. The van der Waals surface area contributed by atoms with E-state index in [4.69, 9.17) is 0 Å². The number of anilines is 1. The van der Waals surface area contributed by atoms with Gasteiger partial charge in [-0.25, -0.2) is 0 Å². The number of nitrogens with zero attached hydrogens (tertiary/aromatic N) is 3. The molecule has 1 N–H and O–H groups in total. The van der Waals surface area contributed by atoms with Crippen LogP contribution in [0.15, 0.2) is 36.5 Å². The quantitative estimate of drug-likeness (QED) is 0.644. The second-order valence-corrected chi connectivity index (χ2v) is 6.37. The number of para-hydroxylation sites is 1. The Morgan fingerprint density at radius 3 is 2.89 bits per heavy atom. The molecule has 3 rings (SSSR count). The molecule has 0 spiro atoms. The van der Waals surface area contributed by atoms with Gasteiger partial charge in [-0.1, -0.05) is 18.2 Å². The first kappa shape index (κ1) is 18.5. The van der Waals surface area contributed by atoms with Crippen molar-refractivity contribution >= 4 is 23.2 Å². The average molecular weight is 368 g/mol. The van der Waals surface area contributed by atoms with Gasteiger partial charge in [0.25, 0.3) is 11.6 Å².